The zero-order valence-electron chi connectivity index (χ0n) is 18.2. The van der Waals surface area contributed by atoms with E-state index in [0.717, 1.165) is 16.9 Å². The summed E-state index contributed by atoms with van der Waals surface area (Å²) in [5, 5.41) is 5.66. The molecule has 2 aromatic rings. The van der Waals surface area contributed by atoms with Gasteiger partial charge < -0.3 is 10.6 Å². The highest BCUT2D eigenvalue weighted by Crippen LogP contribution is 2.52. The molecule has 168 valence electrons. The maximum absolute atomic E-state index is 12.9. The van der Waals surface area contributed by atoms with Gasteiger partial charge in [-0.15, -0.1) is 0 Å². The monoisotopic (exact) mass is 443 g/mol. The van der Waals surface area contributed by atoms with Crippen LogP contribution in [-0.2, 0) is 14.4 Å². The molecule has 1 heterocycles. The fourth-order valence-corrected chi connectivity index (χ4v) is 5.34. The highest BCUT2D eigenvalue weighted by Gasteiger charge is 2.59. The van der Waals surface area contributed by atoms with Crippen LogP contribution >= 0.6 is 0 Å². The Labute approximate surface area is 191 Å². The lowest BCUT2D eigenvalue weighted by molar-refractivity contribution is -0.143. The molecule has 0 unspecified atom stereocenters. The van der Waals surface area contributed by atoms with Crippen LogP contribution in [0.4, 0.5) is 5.69 Å². The van der Waals surface area contributed by atoms with E-state index in [9.17, 15) is 19.2 Å². The first-order chi connectivity index (χ1) is 15.9. The second kappa shape index (κ2) is 8.31. The highest BCUT2D eigenvalue weighted by molar-refractivity contribution is 6.10. The number of carbonyl (C=O) groups excluding carboxylic acids is 4. The largest absolute Gasteiger partial charge is 0.345 e. The van der Waals surface area contributed by atoms with E-state index in [-0.39, 0.29) is 54.0 Å². The number of hydrogen-bond acceptors (Lipinski definition) is 4. The lowest BCUT2D eigenvalue weighted by Crippen LogP contribution is -2.39. The van der Waals surface area contributed by atoms with Crippen LogP contribution in [0.1, 0.15) is 35.3 Å². The number of nitrogens with one attached hydrogen (secondary N) is 2. The van der Waals surface area contributed by atoms with Gasteiger partial charge in [-0.25, -0.2) is 0 Å². The van der Waals surface area contributed by atoms with Gasteiger partial charge in [-0.3, -0.25) is 24.1 Å². The number of fused-ring (bicyclic) bond motifs is 5. The summed E-state index contributed by atoms with van der Waals surface area (Å²) in [5.74, 6) is -1.84. The van der Waals surface area contributed by atoms with Gasteiger partial charge in [-0.2, -0.15) is 0 Å². The smallest absolute Gasteiger partial charge is 0.253 e. The van der Waals surface area contributed by atoms with Crippen molar-refractivity contribution >= 4 is 29.3 Å². The molecule has 0 aromatic heterocycles. The lowest BCUT2D eigenvalue weighted by atomic mass is 9.85. The zero-order valence-corrected chi connectivity index (χ0v) is 18.2. The van der Waals surface area contributed by atoms with Crippen LogP contribution in [-0.4, -0.2) is 35.1 Å². The molecular formula is C26H25N3O4. The maximum atomic E-state index is 12.9. The number of hydrogen-bond donors (Lipinski definition) is 2. The van der Waals surface area contributed by atoms with E-state index in [1.807, 2.05) is 49.4 Å². The molecule has 7 nitrogen and oxygen atoms in total. The quantitative estimate of drug-likeness (QED) is 0.530. The standard InChI is InChI=1S/C26H25N3O4/c1-15(16-7-3-2-4-8-16)27-24(31)19-9-5-6-10-20(19)28-21(30)14-29-25(32)22-17-11-12-18(13-17)23(22)26(29)33/h2-12,15,17-18,22-23H,13-14H2,1H3,(H,27,31)(H,28,30)/t15-,17-,18+,22+,23-/m0/s1. The Bertz CT molecular complexity index is 1130. The summed E-state index contributed by atoms with van der Waals surface area (Å²) in [5.41, 5.74) is 1.61. The summed E-state index contributed by atoms with van der Waals surface area (Å²) in [6, 6.07) is 16.1. The van der Waals surface area contributed by atoms with E-state index >= 15 is 0 Å². The van der Waals surface area contributed by atoms with Gasteiger partial charge in [0, 0.05) is 0 Å². The Morgan fingerprint density at radius 1 is 0.939 bits per heavy atom. The van der Waals surface area contributed by atoms with E-state index in [4.69, 9.17) is 0 Å². The highest BCUT2D eigenvalue weighted by atomic mass is 16.2. The predicted molar refractivity (Wildman–Crippen MR) is 122 cm³/mol. The number of para-hydroxylation sites is 1. The Hall–Kier alpha value is -3.74. The third-order valence-electron chi connectivity index (χ3n) is 6.96. The Balaban J connectivity index is 1.26. The molecule has 4 amide bonds. The zero-order chi connectivity index (χ0) is 23.1. The summed E-state index contributed by atoms with van der Waals surface area (Å²) in [6.07, 6.45) is 4.88. The van der Waals surface area contributed by atoms with Gasteiger partial charge >= 0.3 is 0 Å². The average molecular weight is 444 g/mol. The van der Waals surface area contributed by atoms with Crippen LogP contribution in [0.3, 0.4) is 0 Å². The van der Waals surface area contributed by atoms with Crippen LogP contribution in [0.5, 0.6) is 0 Å². The molecule has 0 spiro atoms. The molecule has 1 saturated carbocycles. The van der Waals surface area contributed by atoms with Gasteiger partial charge in [-0.1, -0.05) is 54.6 Å². The summed E-state index contributed by atoms with van der Waals surface area (Å²) in [7, 11) is 0. The number of allylic oxidation sites excluding steroid dienone is 2. The summed E-state index contributed by atoms with van der Waals surface area (Å²) in [4.78, 5) is 52.4. The van der Waals surface area contributed by atoms with Crippen LogP contribution < -0.4 is 10.6 Å². The first kappa shape index (κ1) is 21.1. The number of carbonyl (C=O) groups is 4. The number of imide groups is 1. The normalized spacial score (nSPS) is 25.8. The molecule has 5 rings (SSSR count). The number of amides is 4. The number of benzene rings is 2. The number of rotatable bonds is 6. The molecule has 2 N–H and O–H groups in total. The molecule has 3 aliphatic rings. The van der Waals surface area contributed by atoms with Crippen LogP contribution in [0.15, 0.2) is 66.7 Å². The summed E-state index contributed by atoms with van der Waals surface area (Å²) >= 11 is 0. The second-order valence-corrected chi connectivity index (χ2v) is 8.96. The minimum atomic E-state index is -0.506. The van der Waals surface area contributed by atoms with E-state index in [0.29, 0.717) is 11.3 Å². The lowest BCUT2D eigenvalue weighted by Gasteiger charge is -2.18. The third-order valence-corrected chi connectivity index (χ3v) is 6.96. The van der Waals surface area contributed by atoms with Crippen molar-refractivity contribution < 1.29 is 19.2 Å². The Morgan fingerprint density at radius 2 is 1.55 bits per heavy atom. The molecule has 2 bridgehead atoms. The maximum Gasteiger partial charge on any atom is 0.253 e. The molecule has 7 heteroatoms. The van der Waals surface area contributed by atoms with Gasteiger partial charge in [0.05, 0.1) is 29.1 Å². The molecular weight excluding hydrogens is 418 g/mol. The summed E-state index contributed by atoms with van der Waals surface area (Å²) < 4.78 is 0. The fourth-order valence-electron chi connectivity index (χ4n) is 5.34. The van der Waals surface area contributed by atoms with Gasteiger partial charge in [0.1, 0.15) is 6.54 Å². The number of likely N-dealkylation sites (tertiary alicyclic amines) is 1. The second-order valence-electron chi connectivity index (χ2n) is 8.96. The van der Waals surface area contributed by atoms with Gasteiger partial charge in [0.25, 0.3) is 5.91 Å². The number of nitrogens with zero attached hydrogens (tertiary/aromatic N) is 1. The molecule has 1 aliphatic heterocycles. The van der Waals surface area contributed by atoms with Crippen LogP contribution in [0.25, 0.3) is 0 Å². The minimum Gasteiger partial charge on any atom is -0.345 e. The van der Waals surface area contributed by atoms with Crippen molar-refractivity contribution in [1.29, 1.82) is 0 Å². The molecule has 2 aliphatic carbocycles. The van der Waals surface area contributed by atoms with Crippen molar-refractivity contribution in [2.75, 3.05) is 11.9 Å². The van der Waals surface area contributed by atoms with Crippen molar-refractivity contribution in [2.24, 2.45) is 23.7 Å². The first-order valence-electron chi connectivity index (χ1n) is 11.2. The topological polar surface area (TPSA) is 95.6 Å². The number of anilines is 1. The summed E-state index contributed by atoms with van der Waals surface area (Å²) in [6.45, 7) is 1.54. The SMILES string of the molecule is C[C@H](NC(=O)c1ccccc1NC(=O)CN1C(=O)[C@@H]2[C@H](C1=O)[C@H]1C=C[C@@H]2C1)c1ccccc1. The van der Waals surface area contributed by atoms with Crippen molar-refractivity contribution in [2.45, 2.75) is 19.4 Å². The Kier molecular flexibility index (Phi) is 5.32. The van der Waals surface area contributed by atoms with Gasteiger partial charge in [0.2, 0.25) is 17.7 Å². The molecule has 2 fully saturated rings. The van der Waals surface area contributed by atoms with Gasteiger partial charge in [0.15, 0.2) is 0 Å². The van der Waals surface area contributed by atoms with E-state index in [1.165, 1.54) is 0 Å². The van der Waals surface area contributed by atoms with E-state index in [1.54, 1.807) is 24.3 Å². The van der Waals surface area contributed by atoms with Gasteiger partial charge in [-0.05, 0) is 42.9 Å². The van der Waals surface area contributed by atoms with Crippen molar-refractivity contribution in [1.82, 2.24) is 10.2 Å². The van der Waals surface area contributed by atoms with Crippen molar-refractivity contribution in [3.63, 3.8) is 0 Å². The molecule has 33 heavy (non-hydrogen) atoms. The third kappa shape index (κ3) is 3.73. The average Bonchev–Trinajstić information content (AvgIpc) is 3.50. The van der Waals surface area contributed by atoms with E-state index < -0.39 is 5.91 Å². The van der Waals surface area contributed by atoms with Crippen molar-refractivity contribution in [3.05, 3.63) is 77.9 Å². The van der Waals surface area contributed by atoms with E-state index in [2.05, 4.69) is 10.6 Å². The molecule has 2 aromatic carbocycles. The molecule has 0 radical (unpaired) electrons. The van der Waals surface area contributed by atoms with Crippen LogP contribution in [0, 0.1) is 23.7 Å². The van der Waals surface area contributed by atoms with Crippen LogP contribution in [0.2, 0.25) is 0 Å². The van der Waals surface area contributed by atoms with Crippen molar-refractivity contribution in [3.8, 4) is 0 Å². The predicted octanol–water partition coefficient (Wildman–Crippen LogP) is 2.92. The molecule has 1 saturated heterocycles. The molecule has 5 atom stereocenters. The fraction of sp³-hybridized carbons (Fsp3) is 0.308. The Morgan fingerprint density at radius 3 is 2.21 bits per heavy atom. The first-order valence-corrected chi connectivity index (χ1v) is 11.2. The minimum absolute atomic E-state index is 0.0977.